The van der Waals surface area contributed by atoms with Gasteiger partial charge in [0.1, 0.15) is 12.4 Å². The molecule has 0 bridgehead atoms. The molecule has 0 saturated heterocycles. The number of rotatable bonds is 4. The van der Waals surface area contributed by atoms with Crippen molar-refractivity contribution in [3.63, 3.8) is 0 Å². The first-order chi connectivity index (χ1) is 11.2. The molecule has 2 aromatic carbocycles. The first-order valence-corrected chi connectivity index (χ1v) is 7.50. The second kappa shape index (κ2) is 6.60. The number of fused-ring (bicyclic) bond motifs is 1. The molecule has 0 aliphatic carbocycles. The zero-order valence-electron chi connectivity index (χ0n) is 13.1. The third-order valence-corrected chi connectivity index (χ3v) is 3.78. The molecule has 0 aromatic heterocycles. The lowest BCUT2D eigenvalue weighted by Crippen LogP contribution is -2.44. The Hall–Kier alpha value is -2.69. The van der Waals surface area contributed by atoms with Gasteiger partial charge < -0.3 is 19.5 Å². The maximum atomic E-state index is 12.4. The van der Waals surface area contributed by atoms with Crippen molar-refractivity contribution in [3.05, 3.63) is 54.1 Å². The van der Waals surface area contributed by atoms with Gasteiger partial charge in [-0.15, -0.1) is 0 Å². The average molecular weight is 313 g/mol. The van der Waals surface area contributed by atoms with E-state index >= 15 is 0 Å². The number of carbonyl (C=O) groups is 1. The van der Waals surface area contributed by atoms with Crippen LogP contribution in [0.1, 0.15) is 18.5 Å². The summed E-state index contributed by atoms with van der Waals surface area (Å²) in [5, 5.41) is 2.95. The molecule has 0 spiro atoms. The van der Waals surface area contributed by atoms with Crippen molar-refractivity contribution in [3.8, 4) is 17.2 Å². The summed E-state index contributed by atoms with van der Waals surface area (Å²) < 4.78 is 16.4. The summed E-state index contributed by atoms with van der Waals surface area (Å²) in [5.41, 5.74) is 0.997. The highest BCUT2D eigenvalue weighted by Gasteiger charge is 2.28. The highest BCUT2D eigenvalue weighted by Crippen LogP contribution is 2.31. The Morgan fingerprint density at radius 1 is 1.17 bits per heavy atom. The van der Waals surface area contributed by atoms with Gasteiger partial charge in [-0.2, -0.15) is 0 Å². The Balaban J connectivity index is 1.62. The number of ether oxygens (including phenoxy) is 3. The van der Waals surface area contributed by atoms with Crippen molar-refractivity contribution in [2.45, 2.75) is 19.1 Å². The lowest BCUT2D eigenvalue weighted by Gasteiger charge is -2.26. The van der Waals surface area contributed by atoms with Gasteiger partial charge in [-0.25, -0.2) is 0 Å². The van der Waals surface area contributed by atoms with E-state index in [0.717, 1.165) is 11.3 Å². The first-order valence-electron chi connectivity index (χ1n) is 7.50. The molecule has 1 amide bonds. The predicted molar refractivity (Wildman–Crippen MR) is 85.9 cm³/mol. The minimum Gasteiger partial charge on any atom is -0.497 e. The van der Waals surface area contributed by atoms with Crippen LogP contribution in [0.25, 0.3) is 0 Å². The molecule has 5 heteroatoms. The van der Waals surface area contributed by atoms with Crippen LogP contribution in [-0.2, 0) is 4.79 Å². The van der Waals surface area contributed by atoms with Gasteiger partial charge in [0.25, 0.3) is 5.91 Å². The van der Waals surface area contributed by atoms with Crippen molar-refractivity contribution in [1.29, 1.82) is 0 Å². The monoisotopic (exact) mass is 313 g/mol. The normalized spacial score (nSPS) is 17.2. The summed E-state index contributed by atoms with van der Waals surface area (Å²) in [4.78, 5) is 12.4. The standard InChI is InChI=1S/C18H19NO4/c1-12(13-7-9-14(21-2)10-8-13)19-18(20)17-11-22-15-5-3-4-6-16(15)23-17/h3-10,12,17H,11H2,1-2H3,(H,19,20)/t12-,17+/m0/s1. The van der Waals surface area contributed by atoms with E-state index in [2.05, 4.69) is 5.32 Å². The summed E-state index contributed by atoms with van der Waals surface area (Å²) in [6.07, 6.45) is -0.648. The number of hydrogen-bond donors (Lipinski definition) is 1. The minimum atomic E-state index is -0.648. The van der Waals surface area contributed by atoms with Gasteiger partial charge in [0, 0.05) is 0 Å². The van der Waals surface area contributed by atoms with Crippen LogP contribution in [0.3, 0.4) is 0 Å². The van der Waals surface area contributed by atoms with Crippen LogP contribution < -0.4 is 19.5 Å². The van der Waals surface area contributed by atoms with Gasteiger partial charge >= 0.3 is 0 Å². The van der Waals surface area contributed by atoms with Gasteiger partial charge in [-0.3, -0.25) is 4.79 Å². The lowest BCUT2D eigenvalue weighted by molar-refractivity contribution is -0.131. The molecule has 0 unspecified atom stereocenters. The van der Waals surface area contributed by atoms with Gasteiger partial charge in [-0.1, -0.05) is 24.3 Å². The second-order valence-corrected chi connectivity index (χ2v) is 5.37. The largest absolute Gasteiger partial charge is 0.497 e. The van der Waals surface area contributed by atoms with Crippen molar-refractivity contribution in [2.75, 3.05) is 13.7 Å². The number of methoxy groups -OCH3 is 1. The van der Waals surface area contributed by atoms with E-state index in [1.807, 2.05) is 49.4 Å². The van der Waals surface area contributed by atoms with E-state index in [0.29, 0.717) is 11.5 Å². The molecule has 120 valence electrons. The van der Waals surface area contributed by atoms with Crippen LogP contribution in [0.4, 0.5) is 0 Å². The molecule has 23 heavy (non-hydrogen) atoms. The molecule has 1 aliphatic rings. The van der Waals surface area contributed by atoms with Crippen molar-refractivity contribution in [1.82, 2.24) is 5.32 Å². The van der Waals surface area contributed by atoms with Gasteiger partial charge in [0.05, 0.1) is 13.2 Å². The number of benzene rings is 2. The Kier molecular flexibility index (Phi) is 4.37. The topological polar surface area (TPSA) is 56.8 Å². The molecular formula is C18H19NO4. The van der Waals surface area contributed by atoms with Crippen LogP contribution in [-0.4, -0.2) is 25.7 Å². The van der Waals surface area contributed by atoms with Crippen molar-refractivity contribution < 1.29 is 19.0 Å². The number of para-hydroxylation sites is 2. The Labute approximate surface area is 135 Å². The first kappa shape index (κ1) is 15.2. The van der Waals surface area contributed by atoms with E-state index < -0.39 is 6.10 Å². The van der Waals surface area contributed by atoms with E-state index in [1.165, 1.54) is 0 Å². The smallest absolute Gasteiger partial charge is 0.265 e. The number of nitrogens with one attached hydrogen (secondary N) is 1. The fourth-order valence-electron chi connectivity index (χ4n) is 2.43. The number of carbonyl (C=O) groups excluding carboxylic acids is 1. The zero-order chi connectivity index (χ0) is 16.2. The minimum absolute atomic E-state index is 0.130. The number of hydrogen-bond acceptors (Lipinski definition) is 4. The SMILES string of the molecule is COc1ccc([C@H](C)NC(=O)[C@H]2COc3ccccc3O2)cc1. The van der Waals surface area contributed by atoms with Crippen molar-refractivity contribution in [2.24, 2.45) is 0 Å². The van der Waals surface area contributed by atoms with Crippen LogP contribution in [0.15, 0.2) is 48.5 Å². The van der Waals surface area contributed by atoms with Crippen LogP contribution in [0, 0.1) is 0 Å². The molecule has 0 radical (unpaired) electrons. The molecule has 1 aliphatic heterocycles. The summed E-state index contributed by atoms with van der Waals surface area (Å²) in [6.45, 7) is 2.13. The van der Waals surface area contributed by atoms with E-state index in [1.54, 1.807) is 13.2 Å². The van der Waals surface area contributed by atoms with Gasteiger partial charge in [-0.05, 0) is 36.8 Å². The Bertz CT molecular complexity index is 684. The molecule has 0 saturated carbocycles. The van der Waals surface area contributed by atoms with Gasteiger partial charge in [0.2, 0.25) is 6.10 Å². The maximum absolute atomic E-state index is 12.4. The molecule has 0 fully saturated rings. The highest BCUT2D eigenvalue weighted by atomic mass is 16.6. The van der Waals surface area contributed by atoms with Gasteiger partial charge in [0.15, 0.2) is 11.5 Å². The summed E-state index contributed by atoms with van der Waals surface area (Å²) in [6, 6.07) is 14.8. The third kappa shape index (κ3) is 3.39. The average Bonchev–Trinajstić information content (AvgIpc) is 2.61. The lowest BCUT2D eigenvalue weighted by atomic mass is 10.1. The molecule has 1 N–H and O–H groups in total. The summed E-state index contributed by atoms with van der Waals surface area (Å²) in [5.74, 6) is 1.85. The van der Waals surface area contributed by atoms with Crippen LogP contribution >= 0.6 is 0 Å². The van der Waals surface area contributed by atoms with Crippen LogP contribution in [0.2, 0.25) is 0 Å². The van der Waals surface area contributed by atoms with Crippen LogP contribution in [0.5, 0.6) is 17.2 Å². The summed E-state index contributed by atoms with van der Waals surface area (Å²) >= 11 is 0. The quantitative estimate of drug-likeness (QED) is 0.943. The zero-order valence-corrected chi connectivity index (χ0v) is 13.1. The Morgan fingerprint density at radius 2 is 1.87 bits per heavy atom. The highest BCUT2D eigenvalue weighted by molar-refractivity contribution is 5.82. The maximum Gasteiger partial charge on any atom is 0.265 e. The molecule has 1 heterocycles. The second-order valence-electron chi connectivity index (χ2n) is 5.37. The Morgan fingerprint density at radius 3 is 2.57 bits per heavy atom. The molecule has 3 rings (SSSR count). The van der Waals surface area contributed by atoms with Crippen molar-refractivity contribution >= 4 is 5.91 Å². The predicted octanol–water partition coefficient (Wildman–Crippen LogP) is 2.71. The fourth-order valence-corrected chi connectivity index (χ4v) is 2.43. The molecule has 2 atom stereocenters. The number of amides is 1. The molecular weight excluding hydrogens is 294 g/mol. The third-order valence-electron chi connectivity index (χ3n) is 3.78. The summed E-state index contributed by atoms with van der Waals surface area (Å²) in [7, 11) is 1.62. The van der Waals surface area contributed by atoms with E-state index in [4.69, 9.17) is 14.2 Å². The molecule has 5 nitrogen and oxygen atoms in total. The fraction of sp³-hybridized carbons (Fsp3) is 0.278. The molecule has 2 aromatic rings. The van der Waals surface area contributed by atoms with E-state index in [9.17, 15) is 4.79 Å². The van der Waals surface area contributed by atoms with E-state index in [-0.39, 0.29) is 18.6 Å².